The van der Waals surface area contributed by atoms with E-state index in [1.807, 2.05) is 0 Å². The molecule has 1 heterocycles. The van der Waals surface area contributed by atoms with Crippen molar-refractivity contribution >= 4 is 45.3 Å². The zero-order valence-corrected chi connectivity index (χ0v) is 24.5. The second-order valence-corrected chi connectivity index (χ2v) is 12.7. The first-order valence-corrected chi connectivity index (χ1v) is 15.5. The van der Waals surface area contributed by atoms with E-state index in [9.17, 15) is 27.9 Å². The summed E-state index contributed by atoms with van der Waals surface area (Å²) in [6.45, 7) is 3.80. The minimum atomic E-state index is -3.97. The van der Waals surface area contributed by atoms with Gasteiger partial charge < -0.3 is 10.4 Å². The van der Waals surface area contributed by atoms with Crippen LogP contribution in [-0.2, 0) is 37.2 Å². The molecule has 41 heavy (non-hydrogen) atoms. The molecule has 3 N–H and O–H groups in total. The van der Waals surface area contributed by atoms with E-state index >= 15 is 0 Å². The van der Waals surface area contributed by atoms with Gasteiger partial charge in [0.25, 0.3) is 0 Å². The summed E-state index contributed by atoms with van der Waals surface area (Å²) in [4.78, 5) is 41.7. The Bertz CT molecular complexity index is 1410. The molecular weight excluding hydrogens is 566 g/mol. The van der Waals surface area contributed by atoms with Crippen LogP contribution in [0, 0.1) is 11.5 Å². The van der Waals surface area contributed by atoms with Crippen molar-refractivity contribution in [1.82, 2.24) is 14.9 Å². The summed E-state index contributed by atoms with van der Waals surface area (Å²) in [6, 6.07) is 12.4. The highest BCUT2D eigenvalue weighted by Gasteiger charge is 2.45. The van der Waals surface area contributed by atoms with Crippen LogP contribution in [0.25, 0.3) is 0 Å². The maximum Gasteiger partial charge on any atom is 0.326 e. The van der Waals surface area contributed by atoms with E-state index in [2.05, 4.69) is 15.6 Å². The number of hydrogen-bond donors (Lipinski definition) is 3. The quantitative estimate of drug-likeness (QED) is 0.103. The minimum absolute atomic E-state index is 0.00968. The molecule has 0 aliphatic carbocycles. The average molecular weight is 600 g/mol. The van der Waals surface area contributed by atoms with Gasteiger partial charge in [-0.25, -0.2) is 13.2 Å². The fourth-order valence-corrected chi connectivity index (χ4v) is 7.68. The summed E-state index contributed by atoms with van der Waals surface area (Å²) >= 11 is 1.31. The number of nitriles is 1. The molecule has 0 spiro atoms. The third kappa shape index (κ3) is 8.88. The maximum absolute atomic E-state index is 13.3. The van der Waals surface area contributed by atoms with Gasteiger partial charge in [-0.2, -0.15) is 9.57 Å². The van der Waals surface area contributed by atoms with Gasteiger partial charge in [-0.15, -0.1) is 11.8 Å². The van der Waals surface area contributed by atoms with Crippen molar-refractivity contribution in [3.63, 3.8) is 0 Å². The Morgan fingerprint density at radius 1 is 1.15 bits per heavy atom. The zero-order valence-electron chi connectivity index (χ0n) is 22.8. The van der Waals surface area contributed by atoms with Gasteiger partial charge in [0.05, 0.1) is 10.3 Å². The summed E-state index contributed by atoms with van der Waals surface area (Å²) in [6.07, 6.45) is 2.90. The Balaban J connectivity index is 1.59. The number of carboxylic acids is 1. The van der Waals surface area contributed by atoms with E-state index in [-0.39, 0.29) is 29.3 Å². The number of carboxylic acid groups (broad SMARTS) is 1. The molecule has 3 atom stereocenters. The third-order valence-corrected chi connectivity index (χ3v) is 9.81. The molecule has 3 rings (SSSR count). The topological polar surface area (TPSA) is 169 Å². The summed E-state index contributed by atoms with van der Waals surface area (Å²) in [5.41, 5.74) is 1.42. The monoisotopic (exact) mass is 599 g/mol. The number of aliphatic imine (C=N–C) groups is 1. The van der Waals surface area contributed by atoms with Gasteiger partial charge in [0.1, 0.15) is 23.7 Å². The molecule has 13 heteroatoms. The fraction of sp³-hybridized carbons (Fsp3) is 0.393. The minimum Gasteiger partial charge on any atom is -0.480 e. The van der Waals surface area contributed by atoms with Crippen LogP contribution in [0.5, 0.6) is 0 Å². The van der Waals surface area contributed by atoms with Gasteiger partial charge in [0.15, 0.2) is 6.19 Å². The van der Waals surface area contributed by atoms with Crippen molar-refractivity contribution in [3.05, 3.63) is 65.7 Å². The van der Waals surface area contributed by atoms with E-state index in [1.165, 1.54) is 23.9 Å². The predicted octanol–water partition coefficient (Wildman–Crippen LogP) is 2.33. The number of ketones is 1. The van der Waals surface area contributed by atoms with Crippen molar-refractivity contribution in [2.75, 3.05) is 12.3 Å². The predicted molar refractivity (Wildman–Crippen MR) is 156 cm³/mol. The van der Waals surface area contributed by atoms with Crippen LogP contribution in [0.1, 0.15) is 37.8 Å². The molecular formula is C28H33N5O6S2. The number of amidine groups is 1. The number of carbonyl (C=O) groups excluding carboxylic acids is 2. The third-order valence-electron chi connectivity index (χ3n) is 6.46. The van der Waals surface area contributed by atoms with E-state index in [1.54, 1.807) is 62.5 Å². The molecule has 2 aromatic carbocycles. The SMILES string of the molecule is CC(=NCCCC(=O)Cc1ccc(C[C@H](NC(=O)[C@@H]2CSC(C)N2S(=O)(=O)c2ccccc2)C(=O)O)cc1)NC#N. The summed E-state index contributed by atoms with van der Waals surface area (Å²) in [5.74, 6) is -1.17. The first-order chi connectivity index (χ1) is 19.5. The number of nitrogens with one attached hydrogen (secondary N) is 2. The van der Waals surface area contributed by atoms with E-state index in [4.69, 9.17) is 5.26 Å². The molecule has 1 saturated heterocycles. The van der Waals surface area contributed by atoms with Gasteiger partial charge in [-0.1, -0.05) is 42.5 Å². The highest BCUT2D eigenvalue weighted by atomic mass is 32.2. The number of thioether (sulfide) groups is 1. The van der Waals surface area contributed by atoms with Gasteiger partial charge in [-0.3, -0.25) is 19.9 Å². The van der Waals surface area contributed by atoms with Crippen molar-refractivity contribution in [3.8, 4) is 6.19 Å². The van der Waals surface area contributed by atoms with Crippen molar-refractivity contribution in [2.24, 2.45) is 4.99 Å². The first kappa shape index (κ1) is 31.8. The molecule has 1 fully saturated rings. The number of rotatable bonds is 13. The van der Waals surface area contributed by atoms with Crippen LogP contribution in [0.15, 0.2) is 64.5 Å². The highest BCUT2D eigenvalue weighted by molar-refractivity contribution is 8.01. The van der Waals surface area contributed by atoms with E-state index in [0.717, 1.165) is 9.87 Å². The largest absolute Gasteiger partial charge is 0.480 e. The van der Waals surface area contributed by atoms with Crippen LogP contribution in [0.4, 0.5) is 0 Å². The summed E-state index contributed by atoms with van der Waals surface area (Å²) in [5, 5.41) is 22.8. The van der Waals surface area contributed by atoms with Crippen molar-refractivity contribution in [1.29, 1.82) is 5.26 Å². The molecule has 1 aliphatic heterocycles. The number of amides is 1. The molecule has 0 aromatic heterocycles. The summed E-state index contributed by atoms with van der Waals surface area (Å²) in [7, 11) is -3.97. The van der Waals surface area contributed by atoms with Gasteiger partial charge in [0, 0.05) is 31.6 Å². The number of nitrogens with zero attached hydrogens (tertiary/aromatic N) is 3. The zero-order chi connectivity index (χ0) is 30.0. The van der Waals surface area contributed by atoms with Gasteiger partial charge >= 0.3 is 5.97 Å². The van der Waals surface area contributed by atoms with Crippen LogP contribution >= 0.6 is 11.8 Å². The van der Waals surface area contributed by atoms with Gasteiger partial charge in [0.2, 0.25) is 15.9 Å². The molecule has 1 aliphatic rings. The number of hydrogen-bond acceptors (Lipinski definition) is 8. The van der Waals surface area contributed by atoms with Crippen LogP contribution in [0.2, 0.25) is 0 Å². The standard InChI is InChI=1S/C28H33N5O6S2/c1-19(31-18-29)30-14-6-7-23(34)15-21-10-12-22(13-11-21)16-25(28(36)37)32-27(35)26-17-40-20(2)33(26)41(38,39)24-8-4-3-5-9-24/h3-5,8-13,20,25-26H,6-7,14-17H2,1-2H3,(H,30,31)(H,32,35)(H,36,37)/t20?,25-,26-/m0/s1. The van der Waals surface area contributed by atoms with E-state index < -0.39 is 39.4 Å². The Hall–Kier alpha value is -3.73. The Labute approximate surface area is 244 Å². The number of carbonyl (C=O) groups is 3. The Morgan fingerprint density at radius 2 is 1.80 bits per heavy atom. The second-order valence-electron chi connectivity index (χ2n) is 9.54. The molecule has 0 saturated carbocycles. The number of Topliss-reactive ketones (excluding diaryl/α,β-unsaturated/α-hetero) is 1. The molecule has 2 aromatic rings. The lowest BCUT2D eigenvalue weighted by molar-refractivity contribution is -0.142. The number of aliphatic carboxylic acids is 1. The van der Waals surface area contributed by atoms with Crippen LogP contribution in [0.3, 0.4) is 0 Å². The number of benzene rings is 2. The fourth-order valence-electron chi connectivity index (χ4n) is 4.36. The average Bonchev–Trinajstić information content (AvgIpc) is 3.34. The summed E-state index contributed by atoms with van der Waals surface area (Å²) < 4.78 is 27.7. The van der Waals surface area contributed by atoms with Crippen molar-refractivity contribution < 1.29 is 27.9 Å². The lowest BCUT2D eigenvalue weighted by Gasteiger charge is -2.27. The maximum atomic E-state index is 13.3. The first-order valence-electron chi connectivity index (χ1n) is 13.0. The molecule has 0 radical (unpaired) electrons. The molecule has 1 unspecified atom stereocenters. The van der Waals surface area contributed by atoms with Crippen LogP contribution in [-0.4, -0.2) is 71.1 Å². The van der Waals surface area contributed by atoms with Gasteiger partial charge in [-0.05, 0) is 43.5 Å². The Morgan fingerprint density at radius 3 is 2.44 bits per heavy atom. The van der Waals surface area contributed by atoms with E-state index in [0.29, 0.717) is 30.8 Å². The number of sulfonamides is 1. The molecule has 11 nitrogen and oxygen atoms in total. The lowest BCUT2D eigenvalue weighted by Crippen LogP contribution is -2.53. The highest BCUT2D eigenvalue weighted by Crippen LogP contribution is 2.34. The molecule has 218 valence electrons. The smallest absolute Gasteiger partial charge is 0.326 e. The van der Waals surface area contributed by atoms with Crippen molar-refractivity contribution in [2.45, 2.75) is 61.9 Å². The lowest BCUT2D eigenvalue weighted by atomic mass is 10.0. The molecule has 1 amide bonds. The normalized spacial score (nSPS) is 18.3. The molecule has 0 bridgehead atoms. The van der Waals surface area contributed by atoms with Crippen LogP contribution < -0.4 is 10.6 Å². The second kappa shape index (κ2) is 14.8. The Kier molecular flexibility index (Phi) is 11.5.